The van der Waals surface area contributed by atoms with Gasteiger partial charge in [0.15, 0.2) is 14.9 Å². The molecule has 4 amide bonds. The summed E-state index contributed by atoms with van der Waals surface area (Å²) in [5, 5.41) is 13.1. The molecule has 1 aromatic heterocycles. The highest BCUT2D eigenvalue weighted by Gasteiger charge is 2.44. The SMILES string of the molecule is CC1(C)C(=O)N(CCn2ccc(S(N)(=O)=NC(=O)Nc3c4c(cc5c3CCC5)CCC4)n2)C(=O)c2ccccc21. The fourth-order valence-corrected chi connectivity index (χ4v) is 7.06. The summed E-state index contributed by atoms with van der Waals surface area (Å²) in [6.45, 7) is 3.84. The van der Waals surface area contributed by atoms with Crippen LogP contribution in [0.3, 0.4) is 0 Å². The standard InChI is InChI=1S/C29H32N6O4S/c1-29(2)23-12-4-3-9-22(23)26(36)35(27(29)37)16-15-34-14-13-24(32-34)40(30,39)33-28(38)31-25-20-10-5-7-18(20)17-19-8-6-11-21(19)25/h3-4,9,12-14,17H,5-8,10-11,15-16H2,1-2H3,(H3,30,31,33,38,39). The molecule has 40 heavy (non-hydrogen) atoms. The number of aromatic nitrogens is 2. The molecule has 6 rings (SSSR count). The van der Waals surface area contributed by atoms with Gasteiger partial charge < -0.3 is 5.32 Å². The molecule has 1 unspecified atom stereocenters. The molecule has 3 N–H and O–H groups in total. The predicted octanol–water partition coefficient (Wildman–Crippen LogP) is 3.75. The number of hydrogen-bond acceptors (Lipinski definition) is 5. The Morgan fingerprint density at radius 2 is 1.73 bits per heavy atom. The highest BCUT2D eigenvalue weighted by molar-refractivity contribution is 7.91. The van der Waals surface area contributed by atoms with E-state index in [0.29, 0.717) is 11.1 Å². The first-order valence-corrected chi connectivity index (χ1v) is 15.2. The third kappa shape index (κ3) is 4.43. The first-order chi connectivity index (χ1) is 19.1. The molecule has 0 saturated carbocycles. The van der Waals surface area contributed by atoms with Gasteiger partial charge in [0.2, 0.25) is 5.91 Å². The molecular formula is C29H32N6O4S. The first kappa shape index (κ1) is 26.4. The number of carbonyl (C=O) groups excluding carboxylic acids is 3. The van der Waals surface area contributed by atoms with Crippen molar-refractivity contribution in [1.29, 1.82) is 0 Å². The van der Waals surface area contributed by atoms with E-state index in [2.05, 4.69) is 20.8 Å². The van der Waals surface area contributed by atoms with Gasteiger partial charge in [-0.1, -0.05) is 24.3 Å². The van der Waals surface area contributed by atoms with Crippen LogP contribution in [0.1, 0.15) is 64.9 Å². The van der Waals surface area contributed by atoms with Crippen LogP contribution in [-0.4, -0.2) is 43.3 Å². The third-order valence-corrected chi connectivity index (χ3v) is 9.50. The van der Waals surface area contributed by atoms with Gasteiger partial charge >= 0.3 is 6.03 Å². The normalized spacial score (nSPS) is 18.6. The predicted molar refractivity (Wildman–Crippen MR) is 150 cm³/mol. The number of imide groups is 1. The van der Waals surface area contributed by atoms with Gasteiger partial charge in [-0.05, 0) is 92.3 Å². The molecule has 0 bridgehead atoms. The number of fused-ring (bicyclic) bond motifs is 3. The Morgan fingerprint density at radius 1 is 1.05 bits per heavy atom. The maximum atomic E-state index is 13.3. The summed E-state index contributed by atoms with van der Waals surface area (Å²) < 4.78 is 18.5. The number of nitrogens with zero attached hydrogens (tertiary/aromatic N) is 4. The fourth-order valence-electron chi connectivity index (χ4n) is 6.20. The van der Waals surface area contributed by atoms with Crippen LogP contribution in [0.2, 0.25) is 0 Å². The topological polar surface area (TPSA) is 140 Å². The number of amides is 4. The van der Waals surface area contributed by atoms with E-state index in [1.807, 2.05) is 6.07 Å². The Hall–Kier alpha value is -3.83. The molecule has 10 nitrogen and oxygen atoms in total. The van der Waals surface area contributed by atoms with Gasteiger partial charge in [-0.15, -0.1) is 4.36 Å². The summed E-state index contributed by atoms with van der Waals surface area (Å²) >= 11 is 0. The Kier molecular flexibility index (Phi) is 6.38. The van der Waals surface area contributed by atoms with E-state index in [1.54, 1.807) is 38.2 Å². The van der Waals surface area contributed by atoms with E-state index in [4.69, 9.17) is 5.14 Å². The summed E-state index contributed by atoms with van der Waals surface area (Å²) in [6.07, 6.45) is 7.41. The van der Waals surface area contributed by atoms with Gasteiger partial charge in [-0.25, -0.2) is 14.1 Å². The molecule has 1 aliphatic heterocycles. The van der Waals surface area contributed by atoms with Crippen LogP contribution in [0.25, 0.3) is 0 Å². The largest absolute Gasteiger partial charge is 0.354 e. The average Bonchev–Trinajstić information content (AvgIpc) is 3.68. The lowest BCUT2D eigenvalue weighted by atomic mass is 9.77. The molecule has 0 fully saturated rings. The van der Waals surface area contributed by atoms with E-state index in [0.717, 1.165) is 55.3 Å². The Balaban J connectivity index is 1.18. The van der Waals surface area contributed by atoms with Gasteiger partial charge in [0.25, 0.3) is 5.91 Å². The second-order valence-electron chi connectivity index (χ2n) is 11.2. The van der Waals surface area contributed by atoms with Gasteiger partial charge in [-0.3, -0.25) is 19.2 Å². The molecule has 208 valence electrons. The number of rotatable bonds is 5. The maximum Gasteiger partial charge on any atom is 0.354 e. The molecule has 3 aromatic rings. The Labute approximate surface area is 233 Å². The zero-order valence-corrected chi connectivity index (χ0v) is 23.4. The van der Waals surface area contributed by atoms with Crippen molar-refractivity contribution in [3.63, 3.8) is 0 Å². The highest BCUT2D eigenvalue weighted by atomic mass is 32.2. The number of urea groups is 1. The highest BCUT2D eigenvalue weighted by Crippen LogP contribution is 2.39. The molecule has 3 aliphatic rings. The van der Waals surface area contributed by atoms with Gasteiger partial charge in [0.1, 0.15) is 0 Å². The second-order valence-corrected chi connectivity index (χ2v) is 12.9. The zero-order valence-electron chi connectivity index (χ0n) is 22.6. The number of anilines is 1. The number of nitrogens with one attached hydrogen (secondary N) is 1. The molecule has 0 spiro atoms. The van der Waals surface area contributed by atoms with Crippen molar-refractivity contribution in [3.05, 3.63) is 76.0 Å². The van der Waals surface area contributed by atoms with Gasteiger partial charge in [0.05, 0.1) is 12.0 Å². The summed E-state index contributed by atoms with van der Waals surface area (Å²) in [5.74, 6) is -0.655. The van der Waals surface area contributed by atoms with Crippen molar-refractivity contribution in [2.75, 3.05) is 11.9 Å². The second kappa shape index (κ2) is 9.67. The number of hydrogen-bond donors (Lipinski definition) is 2. The van der Waals surface area contributed by atoms with Crippen molar-refractivity contribution in [3.8, 4) is 0 Å². The van der Waals surface area contributed by atoms with Crippen molar-refractivity contribution in [2.45, 2.75) is 69.4 Å². The number of aryl methyl sites for hydroxylation is 2. The number of benzene rings is 2. The fraction of sp³-hybridized carbons (Fsp3) is 0.379. The molecule has 2 aliphatic carbocycles. The number of carbonyl (C=O) groups is 3. The maximum absolute atomic E-state index is 13.3. The van der Waals surface area contributed by atoms with Crippen molar-refractivity contribution in [1.82, 2.24) is 14.7 Å². The van der Waals surface area contributed by atoms with Crippen LogP contribution < -0.4 is 10.5 Å². The number of nitrogens with two attached hydrogens (primary N) is 1. The van der Waals surface area contributed by atoms with Gasteiger partial charge in [0, 0.05) is 24.0 Å². The molecule has 2 heterocycles. The monoisotopic (exact) mass is 560 g/mol. The summed E-state index contributed by atoms with van der Waals surface area (Å²) in [5.41, 5.74) is 5.97. The minimum Gasteiger partial charge on any atom is -0.305 e. The molecule has 0 saturated heterocycles. The van der Waals surface area contributed by atoms with Crippen LogP contribution >= 0.6 is 0 Å². The van der Waals surface area contributed by atoms with E-state index >= 15 is 0 Å². The van der Waals surface area contributed by atoms with Crippen LogP contribution in [0, 0.1) is 0 Å². The quantitative estimate of drug-likeness (QED) is 0.458. The summed E-state index contributed by atoms with van der Waals surface area (Å²) in [6, 6.07) is 10.1. The van der Waals surface area contributed by atoms with E-state index in [-0.39, 0.29) is 29.9 Å². The lowest BCUT2D eigenvalue weighted by Gasteiger charge is -2.37. The van der Waals surface area contributed by atoms with Crippen LogP contribution in [0.4, 0.5) is 10.5 Å². The smallest absolute Gasteiger partial charge is 0.305 e. The lowest BCUT2D eigenvalue weighted by molar-refractivity contribution is -0.134. The summed E-state index contributed by atoms with van der Waals surface area (Å²) in [7, 11) is -3.63. The van der Waals surface area contributed by atoms with Gasteiger partial charge in [-0.2, -0.15) is 5.10 Å². The van der Waals surface area contributed by atoms with Crippen molar-refractivity contribution in [2.24, 2.45) is 9.50 Å². The van der Waals surface area contributed by atoms with E-state index < -0.39 is 21.4 Å². The van der Waals surface area contributed by atoms with Crippen LogP contribution in [-0.2, 0) is 52.4 Å². The summed E-state index contributed by atoms with van der Waals surface area (Å²) in [4.78, 5) is 40.4. The van der Waals surface area contributed by atoms with Crippen molar-refractivity contribution >= 4 is 33.4 Å². The van der Waals surface area contributed by atoms with E-state index in [9.17, 15) is 18.6 Å². The van der Waals surface area contributed by atoms with E-state index in [1.165, 1.54) is 26.8 Å². The van der Waals surface area contributed by atoms with Crippen LogP contribution in [0.15, 0.2) is 52.0 Å². The lowest BCUT2D eigenvalue weighted by Crippen LogP contribution is -2.52. The van der Waals surface area contributed by atoms with Crippen LogP contribution in [0.5, 0.6) is 0 Å². The first-order valence-electron chi connectivity index (χ1n) is 13.6. The third-order valence-electron chi connectivity index (χ3n) is 8.25. The van der Waals surface area contributed by atoms with Crippen molar-refractivity contribution < 1.29 is 18.6 Å². The molecule has 0 radical (unpaired) electrons. The average molecular weight is 561 g/mol. The Morgan fingerprint density at radius 3 is 2.42 bits per heavy atom. The molecule has 11 heteroatoms. The minimum absolute atomic E-state index is 0.0480. The minimum atomic E-state index is -3.63. The zero-order chi connectivity index (χ0) is 28.2. The molecular weight excluding hydrogens is 528 g/mol. The molecule has 2 aromatic carbocycles. The molecule has 1 atom stereocenters. The Bertz CT molecular complexity index is 1670.